The molecule has 61 heavy (non-hydrogen) atoms. The predicted molar refractivity (Wildman–Crippen MR) is 266 cm³/mol. The fraction of sp³-hybridized carbons (Fsp3) is 0.207. The first-order valence-electron chi connectivity index (χ1n) is 21.5. The number of aryl methyl sites for hydroxylation is 11. The summed E-state index contributed by atoms with van der Waals surface area (Å²) in [4.78, 5) is 0. The largest absolute Gasteiger partial charge is 0.355 e. The molecule has 0 aromatic heterocycles. The predicted octanol–water partition coefficient (Wildman–Crippen LogP) is 16.3. The molecular weight excluding hydrogens is 739 g/mol. The molecule has 0 aliphatic rings. The first kappa shape index (κ1) is 42.5. The minimum atomic E-state index is 0.0191. The zero-order valence-electron chi connectivity index (χ0n) is 37.9. The van der Waals surface area contributed by atoms with Crippen LogP contribution in [0.5, 0.6) is 0 Å². The first-order valence-corrected chi connectivity index (χ1v) is 21.5. The fourth-order valence-corrected chi connectivity index (χ4v) is 8.97. The van der Waals surface area contributed by atoms with Crippen molar-refractivity contribution in [1.82, 2.24) is 0 Å². The lowest BCUT2D eigenvalue weighted by Crippen LogP contribution is -2.06. The van der Waals surface area contributed by atoms with Gasteiger partial charge in [-0.25, -0.2) is 0 Å². The van der Waals surface area contributed by atoms with Crippen molar-refractivity contribution in [3.05, 3.63) is 223 Å². The maximum absolute atomic E-state index is 3.83. The number of fused-ring (bicyclic) bond motifs is 1. The highest BCUT2D eigenvalue weighted by Gasteiger charge is 2.21. The van der Waals surface area contributed by atoms with Crippen LogP contribution < -0.4 is 16.0 Å². The van der Waals surface area contributed by atoms with E-state index >= 15 is 0 Å². The maximum Gasteiger partial charge on any atom is 0.0464 e. The Morgan fingerprint density at radius 3 is 1.03 bits per heavy atom. The molecule has 3 nitrogen and oxygen atoms in total. The maximum atomic E-state index is 3.83. The average molecular weight is 800 g/mol. The van der Waals surface area contributed by atoms with Crippen LogP contribution in [0, 0.1) is 76.2 Å². The minimum Gasteiger partial charge on any atom is -0.355 e. The van der Waals surface area contributed by atoms with Gasteiger partial charge in [-0.15, -0.1) is 0 Å². The van der Waals surface area contributed by atoms with Crippen LogP contribution in [0.4, 0.5) is 34.1 Å². The molecule has 0 saturated heterocycles. The van der Waals surface area contributed by atoms with E-state index in [1.165, 1.54) is 106 Å². The van der Waals surface area contributed by atoms with Gasteiger partial charge in [0, 0.05) is 45.4 Å². The molecule has 0 unspecified atom stereocenters. The van der Waals surface area contributed by atoms with E-state index in [1.54, 1.807) is 0 Å². The second kappa shape index (κ2) is 18.4. The Bertz CT molecular complexity index is 2630. The van der Waals surface area contributed by atoms with E-state index in [0.29, 0.717) is 0 Å². The number of nitrogens with one attached hydrogen (secondary N) is 3. The lowest BCUT2D eigenvalue weighted by molar-refractivity contribution is 0.989. The Balaban J connectivity index is 0.000000630. The van der Waals surface area contributed by atoms with Gasteiger partial charge in [-0.05, 0) is 173 Å². The van der Waals surface area contributed by atoms with Gasteiger partial charge < -0.3 is 16.0 Å². The van der Waals surface area contributed by atoms with Gasteiger partial charge >= 0.3 is 0 Å². The van der Waals surface area contributed by atoms with Gasteiger partial charge in [-0.2, -0.15) is 0 Å². The van der Waals surface area contributed by atoms with E-state index in [9.17, 15) is 0 Å². The Labute approximate surface area is 364 Å². The highest BCUT2D eigenvalue weighted by molar-refractivity contribution is 5.98. The van der Waals surface area contributed by atoms with E-state index in [1.807, 2.05) is 0 Å². The zero-order chi connectivity index (χ0) is 43.4. The summed E-state index contributed by atoms with van der Waals surface area (Å²) in [6, 6.07) is 53.3. The second-order valence-corrected chi connectivity index (χ2v) is 17.2. The molecule has 3 N–H and O–H groups in total. The molecule has 0 aliphatic carbocycles. The minimum absolute atomic E-state index is 0.0191. The number of hydrogen-bond donors (Lipinski definition) is 3. The highest BCUT2D eigenvalue weighted by Crippen LogP contribution is 2.41. The van der Waals surface area contributed by atoms with Gasteiger partial charge in [-0.1, -0.05) is 132 Å². The van der Waals surface area contributed by atoms with Crippen LogP contribution in [0.15, 0.2) is 146 Å². The molecule has 3 heteroatoms. The van der Waals surface area contributed by atoms with E-state index in [4.69, 9.17) is 0 Å². The summed E-state index contributed by atoms with van der Waals surface area (Å²) in [6.45, 7) is 23.8. The molecule has 8 aromatic rings. The van der Waals surface area contributed by atoms with Crippen molar-refractivity contribution in [3.8, 4) is 0 Å². The topological polar surface area (TPSA) is 36.1 Å². The van der Waals surface area contributed by atoms with Crippen molar-refractivity contribution in [1.29, 1.82) is 0 Å². The molecule has 0 amide bonds. The number of hydrogen-bond acceptors (Lipinski definition) is 3. The molecular formula is C58H61N3. The zero-order valence-corrected chi connectivity index (χ0v) is 37.9. The highest BCUT2D eigenvalue weighted by atomic mass is 14.9. The van der Waals surface area contributed by atoms with Gasteiger partial charge in [0.25, 0.3) is 0 Å². The normalized spacial score (nSPS) is 11.0. The summed E-state index contributed by atoms with van der Waals surface area (Å²) in [5.41, 5.74) is 24.7. The van der Waals surface area contributed by atoms with Crippen LogP contribution in [0.2, 0.25) is 0 Å². The molecule has 0 saturated carbocycles. The van der Waals surface area contributed by atoms with Crippen LogP contribution in [0.25, 0.3) is 10.8 Å². The van der Waals surface area contributed by atoms with Crippen molar-refractivity contribution in [2.24, 2.45) is 0 Å². The first-order chi connectivity index (χ1) is 29.2. The third kappa shape index (κ3) is 9.74. The summed E-state index contributed by atoms with van der Waals surface area (Å²) in [5, 5.41) is 13.7. The van der Waals surface area contributed by atoms with E-state index < -0.39 is 0 Å². The summed E-state index contributed by atoms with van der Waals surface area (Å²) >= 11 is 0. The van der Waals surface area contributed by atoms with Crippen LogP contribution >= 0.6 is 0 Å². The van der Waals surface area contributed by atoms with Gasteiger partial charge in [-0.3, -0.25) is 0 Å². The van der Waals surface area contributed by atoms with Gasteiger partial charge in [0.15, 0.2) is 0 Å². The Kier molecular flexibility index (Phi) is 12.8. The van der Waals surface area contributed by atoms with Gasteiger partial charge in [0.1, 0.15) is 0 Å². The smallest absolute Gasteiger partial charge is 0.0464 e. The Hall–Kier alpha value is -6.58. The number of rotatable bonds is 9. The second-order valence-electron chi connectivity index (χ2n) is 17.2. The van der Waals surface area contributed by atoms with Crippen molar-refractivity contribution in [2.75, 3.05) is 16.0 Å². The third-order valence-corrected chi connectivity index (χ3v) is 12.0. The van der Waals surface area contributed by atoms with Gasteiger partial charge in [0.05, 0.1) is 0 Å². The van der Waals surface area contributed by atoms with Crippen molar-refractivity contribution in [3.63, 3.8) is 0 Å². The monoisotopic (exact) mass is 799 g/mol. The quantitative estimate of drug-likeness (QED) is 0.127. The Morgan fingerprint density at radius 1 is 0.311 bits per heavy atom. The van der Waals surface area contributed by atoms with Crippen molar-refractivity contribution >= 4 is 44.9 Å². The van der Waals surface area contributed by atoms with E-state index in [2.05, 4.69) is 238 Å². The molecule has 8 rings (SSSR count). The fourth-order valence-electron chi connectivity index (χ4n) is 8.97. The molecule has 0 atom stereocenters. The third-order valence-electron chi connectivity index (χ3n) is 12.0. The van der Waals surface area contributed by atoms with Crippen LogP contribution in [-0.4, -0.2) is 0 Å². The lowest BCUT2D eigenvalue weighted by Gasteiger charge is -2.24. The number of anilines is 6. The number of benzene rings is 8. The summed E-state index contributed by atoms with van der Waals surface area (Å²) in [5.74, 6) is 0.0191. The Morgan fingerprint density at radius 2 is 0.656 bits per heavy atom. The van der Waals surface area contributed by atoms with Crippen molar-refractivity contribution < 1.29 is 0 Å². The molecule has 0 fully saturated rings. The summed E-state index contributed by atoms with van der Waals surface area (Å²) in [7, 11) is 0. The molecule has 0 aliphatic heterocycles. The molecule has 0 bridgehead atoms. The van der Waals surface area contributed by atoms with Crippen LogP contribution in [0.1, 0.15) is 83.8 Å². The molecule has 0 heterocycles. The molecule has 308 valence electrons. The summed E-state index contributed by atoms with van der Waals surface area (Å²) < 4.78 is 0. The SMILES string of the molecule is Cc1cc(C)c(Nc2ccc(C(c3ccc(Nc4c(C)cc(C)cc4C)cc3)c3ccc(Nc4c(C)cc(C)cc4C)c4ccccc34)cc2)c(C)c1.Cc1ccccc1C. The molecule has 8 aromatic carbocycles. The lowest BCUT2D eigenvalue weighted by atomic mass is 9.82. The molecule has 0 spiro atoms. The van der Waals surface area contributed by atoms with Gasteiger partial charge in [0.2, 0.25) is 0 Å². The van der Waals surface area contributed by atoms with Crippen LogP contribution in [-0.2, 0) is 0 Å². The average Bonchev–Trinajstić information content (AvgIpc) is 3.22. The van der Waals surface area contributed by atoms with E-state index in [0.717, 1.165) is 17.1 Å². The van der Waals surface area contributed by atoms with Crippen molar-refractivity contribution in [2.45, 2.75) is 82.1 Å². The molecule has 0 radical (unpaired) electrons. The van der Waals surface area contributed by atoms with Crippen LogP contribution in [0.3, 0.4) is 0 Å². The standard InChI is InChI=1S/C50H51N3.C8H10/c1-30-24-33(4)48(34(5)25-30)51-41-18-14-39(15-19-41)47(40-16-20-42(21-17-40)52-49-35(6)26-31(2)27-36(49)7)45-22-23-46(44-13-11-10-12-43(44)45)53-50-37(8)28-32(3)29-38(50)9;1-7-5-3-4-6-8(7)2/h10-29,47,51-53H,1-9H3;3-6H,1-2H3. The van der Waals surface area contributed by atoms with E-state index in [-0.39, 0.29) is 5.92 Å². The summed E-state index contributed by atoms with van der Waals surface area (Å²) in [6.07, 6.45) is 0.